The predicted molar refractivity (Wildman–Crippen MR) is 108 cm³/mol. The third-order valence-electron chi connectivity index (χ3n) is 6.13. The van der Waals surface area contributed by atoms with E-state index < -0.39 is 0 Å². The Kier molecular flexibility index (Phi) is 6.81. The summed E-state index contributed by atoms with van der Waals surface area (Å²) >= 11 is 0. The lowest BCUT2D eigenvalue weighted by Crippen LogP contribution is -2.43. The largest absolute Gasteiger partial charge is 0.299 e. The molecule has 0 aromatic heterocycles. The van der Waals surface area contributed by atoms with Gasteiger partial charge >= 0.3 is 0 Å². The molecule has 1 saturated carbocycles. The molecule has 1 aromatic carbocycles. The molecule has 25 heavy (non-hydrogen) atoms. The molecule has 1 aliphatic rings. The zero-order valence-corrected chi connectivity index (χ0v) is 16.4. The zero-order chi connectivity index (χ0) is 18.4. The van der Waals surface area contributed by atoms with Crippen LogP contribution in [0, 0.1) is 23.7 Å². The number of carbonyl (C=O) groups is 1. The van der Waals surface area contributed by atoms with E-state index in [1.807, 2.05) is 19.1 Å². The summed E-state index contributed by atoms with van der Waals surface area (Å²) in [6.07, 6.45) is 10.1. The topological polar surface area (TPSA) is 17.1 Å². The molecule has 0 spiro atoms. The normalized spacial score (nSPS) is 25.7. The molecule has 0 saturated heterocycles. The molecule has 1 aromatic rings. The predicted octanol–water partition coefficient (Wildman–Crippen LogP) is 6.35. The number of Topliss-reactive ketones (excluding diaryl/α,β-unsaturated/α-hetero) is 1. The monoisotopic (exact) mass is 338 g/mol. The van der Waals surface area contributed by atoms with Crippen molar-refractivity contribution in [1.82, 2.24) is 0 Å². The standard InChI is InChI=1S/C24H34O/c1-6-11-19(12-7-2)23(25)21-17-18(3)15-16-22(21)24(4,5)20-13-9-8-10-14-20/h6-10,12-14,18-19,21-22H,1,11,15-17H2,2-5H3/b12-7-/t18-,19+,21-,22-/m1/s1. The molecule has 0 unspecified atom stereocenters. The summed E-state index contributed by atoms with van der Waals surface area (Å²) < 4.78 is 0. The average Bonchev–Trinajstić information content (AvgIpc) is 2.61. The van der Waals surface area contributed by atoms with Crippen LogP contribution < -0.4 is 0 Å². The molecule has 1 heteroatoms. The van der Waals surface area contributed by atoms with Gasteiger partial charge < -0.3 is 0 Å². The minimum atomic E-state index is -0.0214. The minimum absolute atomic E-state index is 0.0103. The van der Waals surface area contributed by atoms with Gasteiger partial charge in [-0.1, -0.05) is 75.8 Å². The number of benzene rings is 1. The van der Waals surface area contributed by atoms with Crippen LogP contribution in [0.5, 0.6) is 0 Å². The summed E-state index contributed by atoms with van der Waals surface area (Å²) in [4.78, 5) is 13.4. The lowest BCUT2D eigenvalue weighted by molar-refractivity contribution is -0.130. The molecule has 4 atom stereocenters. The van der Waals surface area contributed by atoms with E-state index in [2.05, 4.69) is 63.8 Å². The highest BCUT2D eigenvalue weighted by Crippen LogP contribution is 2.46. The summed E-state index contributed by atoms with van der Waals surface area (Å²) in [5, 5.41) is 0. The molecule has 2 rings (SSSR count). The maximum absolute atomic E-state index is 13.4. The van der Waals surface area contributed by atoms with Gasteiger partial charge in [0.05, 0.1) is 0 Å². The Labute approximate surface area is 154 Å². The van der Waals surface area contributed by atoms with Crippen molar-refractivity contribution >= 4 is 5.78 Å². The molecule has 1 nitrogen and oxygen atoms in total. The van der Waals surface area contributed by atoms with Crippen molar-refractivity contribution in [3.05, 3.63) is 60.7 Å². The van der Waals surface area contributed by atoms with Gasteiger partial charge in [0.25, 0.3) is 0 Å². The van der Waals surface area contributed by atoms with E-state index in [9.17, 15) is 4.79 Å². The van der Waals surface area contributed by atoms with Gasteiger partial charge in [0.15, 0.2) is 0 Å². The highest BCUT2D eigenvalue weighted by Gasteiger charge is 2.43. The van der Waals surface area contributed by atoms with Crippen LogP contribution in [-0.2, 0) is 10.2 Å². The van der Waals surface area contributed by atoms with E-state index in [0.29, 0.717) is 17.6 Å². The van der Waals surface area contributed by atoms with Crippen LogP contribution in [-0.4, -0.2) is 5.78 Å². The Hall–Kier alpha value is -1.63. The first-order valence-corrected chi connectivity index (χ1v) is 9.74. The molecule has 1 fully saturated rings. The molecular weight excluding hydrogens is 304 g/mol. The zero-order valence-electron chi connectivity index (χ0n) is 16.4. The van der Waals surface area contributed by atoms with Crippen molar-refractivity contribution in [2.75, 3.05) is 0 Å². The van der Waals surface area contributed by atoms with Crippen LogP contribution in [0.1, 0.15) is 58.9 Å². The van der Waals surface area contributed by atoms with Gasteiger partial charge in [0.1, 0.15) is 5.78 Å². The Morgan fingerprint density at radius 2 is 1.96 bits per heavy atom. The minimum Gasteiger partial charge on any atom is -0.299 e. The Balaban J connectivity index is 2.34. The van der Waals surface area contributed by atoms with Crippen molar-refractivity contribution in [1.29, 1.82) is 0 Å². The third-order valence-corrected chi connectivity index (χ3v) is 6.13. The van der Waals surface area contributed by atoms with E-state index in [0.717, 1.165) is 19.3 Å². The number of rotatable bonds is 7. The quantitative estimate of drug-likeness (QED) is 0.529. The van der Waals surface area contributed by atoms with Crippen molar-refractivity contribution in [3.63, 3.8) is 0 Å². The van der Waals surface area contributed by atoms with Crippen molar-refractivity contribution < 1.29 is 4.79 Å². The third kappa shape index (κ3) is 4.51. The summed E-state index contributed by atoms with van der Waals surface area (Å²) in [5.74, 6) is 1.56. The number of allylic oxidation sites excluding steroid dienone is 3. The van der Waals surface area contributed by atoms with Gasteiger partial charge in [0, 0.05) is 11.8 Å². The van der Waals surface area contributed by atoms with Crippen LogP contribution in [0.3, 0.4) is 0 Å². The number of hydrogen-bond donors (Lipinski definition) is 0. The van der Waals surface area contributed by atoms with Crippen LogP contribution in [0.15, 0.2) is 55.1 Å². The molecular formula is C24H34O. The van der Waals surface area contributed by atoms with Crippen molar-refractivity contribution in [3.8, 4) is 0 Å². The lowest BCUT2D eigenvalue weighted by Gasteiger charge is -2.44. The fourth-order valence-corrected chi connectivity index (χ4v) is 4.62. The van der Waals surface area contributed by atoms with E-state index >= 15 is 0 Å². The Bertz CT molecular complexity index is 596. The molecule has 136 valence electrons. The van der Waals surface area contributed by atoms with E-state index in [1.165, 1.54) is 12.0 Å². The SMILES string of the molecule is C=CC[C@@H](/C=C\C)C(=O)[C@@H]1C[C@H](C)CC[C@H]1C(C)(C)c1ccccc1. The van der Waals surface area contributed by atoms with Gasteiger partial charge in [-0.2, -0.15) is 0 Å². The first-order chi connectivity index (χ1) is 11.9. The van der Waals surface area contributed by atoms with Crippen LogP contribution in [0.2, 0.25) is 0 Å². The summed E-state index contributed by atoms with van der Waals surface area (Å²) in [5.41, 5.74) is 1.36. The van der Waals surface area contributed by atoms with Gasteiger partial charge in [-0.05, 0) is 49.0 Å². The summed E-state index contributed by atoms with van der Waals surface area (Å²) in [6.45, 7) is 12.8. The highest BCUT2D eigenvalue weighted by atomic mass is 16.1. The second kappa shape index (κ2) is 8.65. The first-order valence-electron chi connectivity index (χ1n) is 9.74. The van der Waals surface area contributed by atoms with Gasteiger partial charge in [-0.25, -0.2) is 0 Å². The van der Waals surface area contributed by atoms with Gasteiger partial charge in [0.2, 0.25) is 0 Å². The number of hydrogen-bond acceptors (Lipinski definition) is 1. The molecule has 0 N–H and O–H groups in total. The number of ketones is 1. The lowest BCUT2D eigenvalue weighted by atomic mass is 9.59. The van der Waals surface area contributed by atoms with E-state index in [1.54, 1.807) is 0 Å². The molecule has 1 aliphatic carbocycles. The summed E-state index contributed by atoms with van der Waals surface area (Å²) in [7, 11) is 0. The van der Waals surface area contributed by atoms with E-state index in [-0.39, 0.29) is 17.3 Å². The second-order valence-corrected chi connectivity index (χ2v) is 8.28. The molecule has 0 radical (unpaired) electrons. The molecule has 0 amide bonds. The Morgan fingerprint density at radius 1 is 1.28 bits per heavy atom. The van der Waals surface area contributed by atoms with Crippen LogP contribution >= 0.6 is 0 Å². The van der Waals surface area contributed by atoms with Crippen molar-refractivity contribution in [2.24, 2.45) is 23.7 Å². The molecule has 0 aliphatic heterocycles. The number of carbonyl (C=O) groups excluding carboxylic acids is 1. The molecule has 0 heterocycles. The van der Waals surface area contributed by atoms with Crippen LogP contribution in [0.4, 0.5) is 0 Å². The fraction of sp³-hybridized carbons (Fsp3) is 0.542. The van der Waals surface area contributed by atoms with Crippen molar-refractivity contribution in [2.45, 2.75) is 58.8 Å². The first kappa shape index (κ1) is 19.7. The Morgan fingerprint density at radius 3 is 2.56 bits per heavy atom. The summed E-state index contributed by atoms with van der Waals surface area (Å²) in [6, 6.07) is 10.7. The maximum atomic E-state index is 13.4. The average molecular weight is 339 g/mol. The molecule has 0 bridgehead atoms. The highest BCUT2D eigenvalue weighted by molar-refractivity contribution is 5.85. The van der Waals surface area contributed by atoms with Gasteiger partial charge in [-0.3, -0.25) is 4.79 Å². The fourth-order valence-electron chi connectivity index (χ4n) is 4.62. The van der Waals surface area contributed by atoms with E-state index in [4.69, 9.17) is 0 Å². The smallest absolute Gasteiger partial charge is 0.143 e. The second-order valence-electron chi connectivity index (χ2n) is 8.28. The van der Waals surface area contributed by atoms with Crippen LogP contribution in [0.25, 0.3) is 0 Å². The van der Waals surface area contributed by atoms with Gasteiger partial charge in [-0.15, -0.1) is 6.58 Å². The maximum Gasteiger partial charge on any atom is 0.143 e.